The van der Waals surface area contributed by atoms with Crippen molar-refractivity contribution >= 4 is 5.97 Å². The first-order valence-corrected chi connectivity index (χ1v) is 11.6. The highest BCUT2D eigenvalue weighted by atomic mass is 16.5. The van der Waals surface area contributed by atoms with Crippen molar-refractivity contribution in [1.82, 2.24) is 9.78 Å². The standard InChI is InChI=1S/C27H34N2O5/c1-19-24(33-2)14-23(15-25(19)34-3)27(32)22(11-7-10-20-8-5-4-6-9-20)18-29-17-21(16-28-29)12-13-26(30)31/h4-6,8-9,14-17,22,27,32H,7,10-13,18H2,1-3H3,(H,30,31). The summed E-state index contributed by atoms with van der Waals surface area (Å²) in [6.45, 7) is 2.44. The van der Waals surface area contributed by atoms with Crippen molar-refractivity contribution < 1.29 is 24.5 Å². The number of aliphatic hydroxyl groups excluding tert-OH is 1. The molecule has 0 spiro atoms. The van der Waals surface area contributed by atoms with Gasteiger partial charge in [0.15, 0.2) is 0 Å². The zero-order chi connectivity index (χ0) is 24.5. The molecule has 0 radical (unpaired) electrons. The van der Waals surface area contributed by atoms with Crippen molar-refractivity contribution in [3.05, 3.63) is 77.1 Å². The molecule has 7 heteroatoms. The summed E-state index contributed by atoms with van der Waals surface area (Å²) in [7, 11) is 3.22. The predicted octanol–water partition coefficient (Wildman–Crippen LogP) is 4.60. The first-order valence-electron chi connectivity index (χ1n) is 11.6. The van der Waals surface area contributed by atoms with E-state index in [4.69, 9.17) is 14.6 Å². The fraction of sp³-hybridized carbons (Fsp3) is 0.407. The minimum Gasteiger partial charge on any atom is -0.496 e. The number of aryl methyl sites for hydroxylation is 2. The van der Waals surface area contributed by atoms with Crippen molar-refractivity contribution in [2.24, 2.45) is 5.92 Å². The van der Waals surface area contributed by atoms with E-state index in [0.717, 1.165) is 36.0 Å². The van der Waals surface area contributed by atoms with Crippen LogP contribution < -0.4 is 9.47 Å². The van der Waals surface area contributed by atoms with Gasteiger partial charge in [-0.3, -0.25) is 9.48 Å². The molecule has 0 aliphatic heterocycles. The van der Waals surface area contributed by atoms with Gasteiger partial charge in [0.25, 0.3) is 0 Å². The van der Waals surface area contributed by atoms with Crippen molar-refractivity contribution in [2.75, 3.05) is 14.2 Å². The molecule has 0 amide bonds. The molecule has 0 fully saturated rings. The largest absolute Gasteiger partial charge is 0.496 e. The molecule has 0 aliphatic carbocycles. The van der Waals surface area contributed by atoms with Gasteiger partial charge >= 0.3 is 5.97 Å². The summed E-state index contributed by atoms with van der Waals surface area (Å²) in [5.74, 6) is 0.412. The van der Waals surface area contributed by atoms with Crippen LogP contribution >= 0.6 is 0 Å². The first-order chi connectivity index (χ1) is 16.4. The zero-order valence-electron chi connectivity index (χ0n) is 20.1. The molecule has 2 unspecified atom stereocenters. The molecule has 3 aromatic rings. The number of carboxylic acid groups (broad SMARTS) is 1. The molecule has 2 atom stereocenters. The SMILES string of the molecule is COc1cc(C(O)C(CCCc2ccccc2)Cn2cc(CCC(=O)O)cn2)cc(OC)c1C. The third-order valence-electron chi connectivity index (χ3n) is 6.18. The highest BCUT2D eigenvalue weighted by Crippen LogP contribution is 2.36. The molecule has 2 aromatic carbocycles. The summed E-state index contributed by atoms with van der Waals surface area (Å²) in [5.41, 5.74) is 3.77. The maximum atomic E-state index is 11.4. The Labute approximate surface area is 201 Å². The van der Waals surface area contributed by atoms with E-state index >= 15 is 0 Å². The molecular weight excluding hydrogens is 432 g/mol. The fourth-order valence-corrected chi connectivity index (χ4v) is 4.24. The summed E-state index contributed by atoms with van der Waals surface area (Å²) >= 11 is 0. The lowest BCUT2D eigenvalue weighted by molar-refractivity contribution is -0.136. The summed E-state index contributed by atoms with van der Waals surface area (Å²) in [4.78, 5) is 10.9. The summed E-state index contributed by atoms with van der Waals surface area (Å²) in [6.07, 6.45) is 5.96. The first kappa shape index (κ1) is 25.3. The lowest BCUT2D eigenvalue weighted by Gasteiger charge is -2.25. The maximum Gasteiger partial charge on any atom is 0.303 e. The molecule has 7 nitrogen and oxygen atoms in total. The van der Waals surface area contributed by atoms with E-state index in [-0.39, 0.29) is 12.3 Å². The molecule has 1 heterocycles. The number of aromatic nitrogens is 2. The number of carbonyl (C=O) groups is 1. The van der Waals surface area contributed by atoms with Crippen LogP contribution in [0.1, 0.15) is 47.6 Å². The molecule has 0 saturated carbocycles. The lowest BCUT2D eigenvalue weighted by Crippen LogP contribution is -2.20. The highest BCUT2D eigenvalue weighted by Gasteiger charge is 2.24. The van der Waals surface area contributed by atoms with Gasteiger partial charge in [-0.25, -0.2) is 0 Å². The zero-order valence-corrected chi connectivity index (χ0v) is 20.1. The molecule has 3 rings (SSSR count). The Morgan fingerprint density at radius 1 is 1.06 bits per heavy atom. The highest BCUT2D eigenvalue weighted by molar-refractivity contribution is 5.67. The second-order valence-corrected chi connectivity index (χ2v) is 8.60. The van der Waals surface area contributed by atoms with E-state index in [2.05, 4.69) is 17.2 Å². The van der Waals surface area contributed by atoms with Gasteiger partial charge in [0.2, 0.25) is 0 Å². The third kappa shape index (κ3) is 6.84. The normalized spacial score (nSPS) is 12.8. The monoisotopic (exact) mass is 466 g/mol. The number of hydrogen-bond acceptors (Lipinski definition) is 5. The fourth-order valence-electron chi connectivity index (χ4n) is 4.24. The molecule has 0 aliphatic rings. The number of rotatable bonds is 13. The van der Waals surface area contributed by atoms with Crippen LogP contribution in [-0.4, -0.2) is 40.2 Å². The smallest absolute Gasteiger partial charge is 0.303 e. The molecule has 182 valence electrons. The average Bonchev–Trinajstić information content (AvgIpc) is 3.30. The Kier molecular flexibility index (Phi) is 9.10. The van der Waals surface area contributed by atoms with Crippen LogP contribution in [-0.2, 0) is 24.2 Å². The van der Waals surface area contributed by atoms with Crippen molar-refractivity contribution in [3.8, 4) is 11.5 Å². The Bertz CT molecular complexity index is 1040. The van der Waals surface area contributed by atoms with Crippen LogP contribution in [0.3, 0.4) is 0 Å². The number of carboxylic acids is 1. The van der Waals surface area contributed by atoms with Gasteiger partial charge in [-0.1, -0.05) is 30.3 Å². The number of ether oxygens (including phenoxy) is 2. The Balaban J connectivity index is 1.79. The molecule has 1 aromatic heterocycles. The van der Waals surface area contributed by atoms with E-state index in [1.54, 1.807) is 25.1 Å². The topological polar surface area (TPSA) is 93.8 Å². The van der Waals surface area contributed by atoms with E-state index < -0.39 is 12.1 Å². The number of hydrogen-bond donors (Lipinski definition) is 2. The summed E-state index contributed by atoms with van der Waals surface area (Å²) in [5, 5.41) is 24.8. The maximum absolute atomic E-state index is 11.4. The molecule has 2 N–H and O–H groups in total. The summed E-state index contributed by atoms with van der Waals surface area (Å²) < 4.78 is 12.8. The van der Waals surface area contributed by atoms with Gasteiger partial charge < -0.3 is 19.7 Å². The number of nitrogens with zero attached hydrogens (tertiary/aromatic N) is 2. The van der Waals surface area contributed by atoms with Gasteiger partial charge in [0, 0.05) is 30.6 Å². The van der Waals surface area contributed by atoms with Crippen molar-refractivity contribution in [1.29, 1.82) is 0 Å². The molecule has 0 bridgehead atoms. The molecule has 34 heavy (non-hydrogen) atoms. The van der Waals surface area contributed by atoms with Crippen LogP contribution in [0.5, 0.6) is 11.5 Å². The number of aliphatic carboxylic acids is 1. The second-order valence-electron chi connectivity index (χ2n) is 8.60. The van der Waals surface area contributed by atoms with E-state index in [1.165, 1.54) is 5.56 Å². The Hall–Kier alpha value is -3.32. The summed E-state index contributed by atoms with van der Waals surface area (Å²) in [6, 6.07) is 14.0. The van der Waals surface area contributed by atoms with Gasteiger partial charge in [0.1, 0.15) is 11.5 Å². The van der Waals surface area contributed by atoms with E-state index in [9.17, 15) is 9.90 Å². The van der Waals surface area contributed by atoms with Crippen molar-refractivity contribution in [2.45, 2.75) is 51.7 Å². The van der Waals surface area contributed by atoms with Gasteiger partial charge in [-0.15, -0.1) is 0 Å². The number of aliphatic hydroxyl groups is 1. The minimum atomic E-state index is -0.829. The average molecular weight is 467 g/mol. The molecular formula is C27H34N2O5. The minimum absolute atomic E-state index is 0.0672. The second kappa shape index (κ2) is 12.2. The van der Waals surface area contributed by atoms with E-state index in [0.29, 0.717) is 24.5 Å². The Morgan fingerprint density at radius 2 is 1.74 bits per heavy atom. The van der Waals surface area contributed by atoms with E-state index in [1.807, 2.05) is 43.5 Å². The van der Waals surface area contributed by atoms with Gasteiger partial charge in [0.05, 0.1) is 26.5 Å². The third-order valence-corrected chi connectivity index (χ3v) is 6.18. The Morgan fingerprint density at radius 3 is 2.35 bits per heavy atom. The van der Waals surface area contributed by atoms with Gasteiger partial charge in [-0.05, 0) is 61.4 Å². The van der Waals surface area contributed by atoms with Crippen LogP contribution in [0.15, 0.2) is 54.9 Å². The van der Waals surface area contributed by atoms with Crippen LogP contribution in [0.4, 0.5) is 0 Å². The van der Waals surface area contributed by atoms with Crippen LogP contribution in [0.2, 0.25) is 0 Å². The number of methoxy groups -OCH3 is 2. The van der Waals surface area contributed by atoms with Gasteiger partial charge in [-0.2, -0.15) is 5.10 Å². The molecule has 0 saturated heterocycles. The predicted molar refractivity (Wildman–Crippen MR) is 130 cm³/mol. The van der Waals surface area contributed by atoms with Crippen molar-refractivity contribution in [3.63, 3.8) is 0 Å². The quantitative estimate of drug-likeness (QED) is 0.382. The van der Waals surface area contributed by atoms with Crippen LogP contribution in [0, 0.1) is 12.8 Å². The number of benzene rings is 2. The lowest BCUT2D eigenvalue weighted by atomic mass is 9.89. The van der Waals surface area contributed by atoms with Crippen LogP contribution in [0.25, 0.3) is 0 Å².